The molecule has 0 radical (unpaired) electrons. The fourth-order valence-corrected chi connectivity index (χ4v) is 3.60. The predicted molar refractivity (Wildman–Crippen MR) is 114 cm³/mol. The van der Waals surface area contributed by atoms with E-state index < -0.39 is 0 Å². The summed E-state index contributed by atoms with van der Waals surface area (Å²) < 4.78 is 11.4. The number of carbonyl (C=O) groups excluding carboxylic acids is 1. The topological polar surface area (TPSA) is 47.6 Å². The molecule has 1 aliphatic rings. The molecule has 0 aromatic heterocycles. The summed E-state index contributed by atoms with van der Waals surface area (Å²) in [5.41, 5.74) is 2.68. The first-order chi connectivity index (χ1) is 14.3. The first-order valence-corrected chi connectivity index (χ1v) is 10.0. The van der Waals surface area contributed by atoms with Crippen LogP contribution < -0.4 is 10.1 Å². The van der Waals surface area contributed by atoms with Crippen molar-refractivity contribution in [3.05, 3.63) is 96.1 Å². The standard InChI is InChI=1S/C25H25NO3/c27-25(24(19-8-3-1-4-9-19)20-10-5-2-6-11-20)26-21-13-15-22(16-14-21)29-18-23-12-7-17-28-23/h1-6,8-11,13-16,23-24H,7,12,17-18H2,(H,26,27). The Labute approximate surface area is 171 Å². The maximum atomic E-state index is 13.1. The second-order valence-electron chi connectivity index (χ2n) is 7.21. The van der Waals surface area contributed by atoms with E-state index in [1.54, 1.807) is 0 Å². The minimum Gasteiger partial charge on any atom is -0.491 e. The van der Waals surface area contributed by atoms with Gasteiger partial charge in [0.1, 0.15) is 12.4 Å². The van der Waals surface area contributed by atoms with Gasteiger partial charge in [-0.15, -0.1) is 0 Å². The third kappa shape index (κ3) is 5.04. The molecule has 1 atom stereocenters. The van der Waals surface area contributed by atoms with Crippen molar-refractivity contribution in [1.82, 2.24) is 0 Å². The van der Waals surface area contributed by atoms with Gasteiger partial charge < -0.3 is 14.8 Å². The van der Waals surface area contributed by atoms with E-state index >= 15 is 0 Å². The second kappa shape index (κ2) is 9.39. The molecule has 1 heterocycles. The van der Waals surface area contributed by atoms with Crippen LogP contribution in [0.5, 0.6) is 5.75 Å². The van der Waals surface area contributed by atoms with Gasteiger partial charge >= 0.3 is 0 Å². The van der Waals surface area contributed by atoms with Crippen LogP contribution in [-0.2, 0) is 9.53 Å². The number of benzene rings is 3. The van der Waals surface area contributed by atoms with Crippen molar-refractivity contribution in [3.8, 4) is 5.75 Å². The van der Waals surface area contributed by atoms with Gasteiger partial charge in [0.25, 0.3) is 0 Å². The van der Waals surface area contributed by atoms with Gasteiger partial charge in [0.2, 0.25) is 5.91 Å². The van der Waals surface area contributed by atoms with E-state index in [2.05, 4.69) is 5.32 Å². The number of ether oxygens (including phenoxy) is 2. The lowest BCUT2D eigenvalue weighted by Gasteiger charge is -2.18. The molecule has 29 heavy (non-hydrogen) atoms. The van der Waals surface area contributed by atoms with E-state index in [0.29, 0.717) is 6.61 Å². The van der Waals surface area contributed by atoms with Gasteiger partial charge in [-0.2, -0.15) is 0 Å². The molecule has 0 aliphatic carbocycles. The van der Waals surface area contributed by atoms with E-state index in [9.17, 15) is 4.79 Å². The average molecular weight is 387 g/mol. The number of amides is 1. The van der Waals surface area contributed by atoms with Crippen LogP contribution in [0.1, 0.15) is 29.9 Å². The average Bonchev–Trinajstić information content (AvgIpc) is 3.29. The summed E-state index contributed by atoms with van der Waals surface area (Å²) in [6, 6.07) is 27.2. The summed E-state index contributed by atoms with van der Waals surface area (Å²) in [6.07, 6.45) is 2.34. The summed E-state index contributed by atoms with van der Waals surface area (Å²) in [6.45, 7) is 1.39. The fraction of sp³-hybridized carbons (Fsp3) is 0.240. The van der Waals surface area contributed by atoms with Crippen LogP contribution in [-0.4, -0.2) is 25.2 Å². The predicted octanol–water partition coefficient (Wildman–Crippen LogP) is 5.02. The number of hydrogen-bond donors (Lipinski definition) is 1. The van der Waals surface area contributed by atoms with E-state index in [4.69, 9.17) is 9.47 Å². The molecule has 4 heteroatoms. The molecule has 1 saturated heterocycles. The summed E-state index contributed by atoms with van der Waals surface area (Å²) in [5, 5.41) is 3.04. The highest BCUT2D eigenvalue weighted by molar-refractivity contribution is 5.98. The number of hydrogen-bond acceptors (Lipinski definition) is 3. The van der Waals surface area contributed by atoms with Crippen LogP contribution >= 0.6 is 0 Å². The normalized spacial score (nSPS) is 16.0. The van der Waals surface area contributed by atoms with Crippen molar-refractivity contribution in [2.75, 3.05) is 18.5 Å². The van der Waals surface area contributed by atoms with Crippen LogP contribution in [0.25, 0.3) is 0 Å². The van der Waals surface area contributed by atoms with E-state index in [-0.39, 0.29) is 17.9 Å². The summed E-state index contributed by atoms with van der Waals surface area (Å²) >= 11 is 0. The van der Waals surface area contributed by atoms with Gasteiger partial charge in [-0.3, -0.25) is 4.79 Å². The van der Waals surface area contributed by atoms with E-state index in [1.165, 1.54) is 0 Å². The molecular formula is C25H25NO3. The molecule has 0 saturated carbocycles. The molecule has 0 bridgehead atoms. The Morgan fingerprint density at radius 3 is 2.10 bits per heavy atom. The second-order valence-corrected chi connectivity index (χ2v) is 7.21. The van der Waals surface area contributed by atoms with E-state index in [1.807, 2.05) is 84.9 Å². The lowest BCUT2D eigenvalue weighted by atomic mass is 9.90. The molecule has 1 aliphatic heterocycles. The van der Waals surface area contributed by atoms with Crippen LogP contribution in [0.3, 0.4) is 0 Å². The SMILES string of the molecule is O=C(Nc1ccc(OCC2CCCO2)cc1)C(c1ccccc1)c1ccccc1. The number of nitrogens with one attached hydrogen (secondary N) is 1. The maximum Gasteiger partial charge on any atom is 0.236 e. The van der Waals surface area contributed by atoms with E-state index in [0.717, 1.165) is 42.0 Å². The van der Waals surface area contributed by atoms with Gasteiger partial charge in [-0.05, 0) is 48.2 Å². The Kier molecular flexibility index (Phi) is 6.22. The molecule has 3 aromatic carbocycles. The molecule has 1 N–H and O–H groups in total. The van der Waals surface area contributed by atoms with Crippen molar-refractivity contribution in [3.63, 3.8) is 0 Å². The fourth-order valence-electron chi connectivity index (χ4n) is 3.60. The van der Waals surface area contributed by atoms with Crippen molar-refractivity contribution >= 4 is 11.6 Å². The monoisotopic (exact) mass is 387 g/mol. The molecule has 148 valence electrons. The van der Waals surface area contributed by atoms with Gasteiger partial charge in [-0.1, -0.05) is 60.7 Å². The highest BCUT2D eigenvalue weighted by Gasteiger charge is 2.22. The lowest BCUT2D eigenvalue weighted by Crippen LogP contribution is -2.22. The Morgan fingerprint density at radius 1 is 0.931 bits per heavy atom. The zero-order valence-corrected chi connectivity index (χ0v) is 16.3. The quantitative estimate of drug-likeness (QED) is 0.620. The Morgan fingerprint density at radius 2 is 1.55 bits per heavy atom. The lowest BCUT2D eigenvalue weighted by molar-refractivity contribution is -0.116. The highest BCUT2D eigenvalue weighted by atomic mass is 16.5. The number of rotatable bonds is 7. The van der Waals surface area contributed by atoms with Crippen LogP contribution in [0.2, 0.25) is 0 Å². The highest BCUT2D eigenvalue weighted by Crippen LogP contribution is 2.27. The van der Waals surface area contributed by atoms with Gasteiger partial charge in [-0.25, -0.2) is 0 Å². The van der Waals surface area contributed by atoms with Crippen molar-refractivity contribution < 1.29 is 14.3 Å². The Balaban J connectivity index is 1.44. The zero-order chi connectivity index (χ0) is 19.9. The summed E-state index contributed by atoms with van der Waals surface area (Å²) in [5.74, 6) is 0.351. The molecule has 1 unspecified atom stereocenters. The van der Waals surface area contributed by atoms with Crippen LogP contribution in [0.4, 0.5) is 5.69 Å². The third-order valence-corrected chi connectivity index (χ3v) is 5.11. The molecule has 1 fully saturated rings. The van der Waals surface area contributed by atoms with Gasteiger partial charge in [0, 0.05) is 12.3 Å². The third-order valence-electron chi connectivity index (χ3n) is 5.11. The van der Waals surface area contributed by atoms with Gasteiger partial charge in [0.15, 0.2) is 0 Å². The first kappa shape index (κ1) is 19.2. The summed E-state index contributed by atoms with van der Waals surface area (Å²) in [4.78, 5) is 13.1. The molecule has 3 aromatic rings. The van der Waals surface area contributed by atoms with Crippen molar-refractivity contribution in [2.45, 2.75) is 24.9 Å². The van der Waals surface area contributed by atoms with Gasteiger partial charge in [0.05, 0.1) is 12.0 Å². The molecule has 4 rings (SSSR count). The maximum absolute atomic E-state index is 13.1. The summed E-state index contributed by atoms with van der Waals surface area (Å²) in [7, 11) is 0. The largest absolute Gasteiger partial charge is 0.491 e. The minimum atomic E-state index is -0.368. The van der Waals surface area contributed by atoms with Crippen LogP contribution in [0, 0.1) is 0 Å². The Hall–Kier alpha value is -3.11. The van der Waals surface area contributed by atoms with Crippen LogP contribution in [0.15, 0.2) is 84.9 Å². The van der Waals surface area contributed by atoms with Crippen molar-refractivity contribution in [1.29, 1.82) is 0 Å². The molecule has 4 nitrogen and oxygen atoms in total. The molecule has 0 spiro atoms. The first-order valence-electron chi connectivity index (χ1n) is 10.0. The minimum absolute atomic E-state index is 0.0598. The number of anilines is 1. The molecular weight excluding hydrogens is 362 g/mol. The zero-order valence-electron chi connectivity index (χ0n) is 16.3. The molecule has 1 amide bonds. The van der Waals surface area contributed by atoms with Crippen molar-refractivity contribution in [2.24, 2.45) is 0 Å². The number of carbonyl (C=O) groups is 1. The smallest absolute Gasteiger partial charge is 0.236 e. The Bertz CT molecular complexity index is 864.